The van der Waals surface area contributed by atoms with Gasteiger partial charge in [-0.15, -0.1) is 5.10 Å². The summed E-state index contributed by atoms with van der Waals surface area (Å²) in [5.41, 5.74) is 1.01. The van der Waals surface area contributed by atoms with Crippen LogP contribution in [0.2, 0.25) is 0 Å². The maximum atomic E-state index is 13.4. The van der Waals surface area contributed by atoms with E-state index in [-0.39, 0.29) is 22.7 Å². The molecule has 0 fully saturated rings. The van der Waals surface area contributed by atoms with Crippen molar-refractivity contribution in [2.45, 2.75) is 0 Å². The van der Waals surface area contributed by atoms with E-state index in [0.717, 1.165) is 12.1 Å². The van der Waals surface area contributed by atoms with E-state index in [4.69, 9.17) is 0 Å². The second kappa shape index (κ2) is 5.36. The lowest BCUT2D eigenvalue weighted by Gasteiger charge is -2.07. The van der Waals surface area contributed by atoms with Crippen molar-refractivity contribution in [3.8, 4) is 22.7 Å². The van der Waals surface area contributed by atoms with Gasteiger partial charge in [-0.3, -0.25) is 4.79 Å². The number of aromatic hydroxyl groups is 1. The van der Waals surface area contributed by atoms with E-state index in [9.17, 15) is 18.7 Å². The molecular weight excluding hydrogens is 292 g/mol. The van der Waals surface area contributed by atoms with E-state index < -0.39 is 11.6 Å². The third-order valence-electron chi connectivity index (χ3n) is 3.10. The van der Waals surface area contributed by atoms with Crippen molar-refractivity contribution >= 4 is 6.29 Å². The Kier molecular flexibility index (Phi) is 3.38. The van der Waals surface area contributed by atoms with Crippen LogP contribution in [-0.2, 0) is 0 Å². The van der Waals surface area contributed by atoms with Crippen LogP contribution in [0, 0.1) is 11.6 Å². The summed E-state index contributed by atoms with van der Waals surface area (Å²) in [6, 6.07) is 9.26. The molecule has 22 heavy (non-hydrogen) atoms. The minimum Gasteiger partial charge on any atom is -0.508 e. The van der Waals surface area contributed by atoms with Gasteiger partial charge in [-0.05, 0) is 42.5 Å². The number of phenols is 1. The van der Waals surface area contributed by atoms with E-state index in [1.165, 1.54) is 22.9 Å². The third kappa shape index (κ3) is 2.32. The van der Waals surface area contributed by atoms with Crippen molar-refractivity contribution < 1.29 is 18.7 Å². The first-order valence-electron chi connectivity index (χ1n) is 6.26. The number of hydrogen-bond donors (Lipinski definition) is 1. The number of aromatic nitrogens is 3. The molecule has 1 heterocycles. The van der Waals surface area contributed by atoms with Crippen LogP contribution in [0.4, 0.5) is 8.78 Å². The summed E-state index contributed by atoms with van der Waals surface area (Å²) in [4.78, 5) is 11.1. The van der Waals surface area contributed by atoms with Crippen molar-refractivity contribution in [1.82, 2.24) is 15.0 Å². The zero-order chi connectivity index (χ0) is 15.7. The molecule has 0 spiro atoms. The summed E-state index contributed by atoms with van der Waals surface area (Å²) < 4.78 is 27.8. The van der Waals surface area contributed by atoms with Crippen LogP contribution in [0.3, 0.4) is 0 Å². The summed E-state index contributed by atoms with van der Waals surface area (Å²) in [5, 5.41) is 16.9. The summed E-state index contributed by atoms with van der Waals surface area (Å²) in [5.74, 6) is -1.96. The summed E-state index contributed by atoms with van der Waals surface area (Å²) in [6.07, 6.45) is 0.487. The fourth-order valence-electron chi connectivity index (χ4n) is 2.06. The Morgan fingerprint density at radius 3 is 2.41 bits per heavy atom. The van der Waals surface area contributed by atoms with Crippen molar-refractivity contribution in [2.75, 3.05) is 0 Å². The molecule has 0 atom stereocenters. The predicted molar refractivity (Wildman–Crippen MR) is 73.8 cm³/mol. The lowest BCUT2D eigenvalue weighted by molar-refractivity contribution is 0.111. The molecule has 3 rings (SSSR count). The topological polar surface area (TPSA) is 68.0 Å². The Bertz CT molecular complexity index is 844. The van der Waals surface area contributed by atoms with Crippen LogP contribution in [-0.4, -0.2) is 26.4 Å². The van der Waals surface area contributed by atoms with Crippen molar-refractivity contribution in [3.05, 3.63) is 59.8 Å². The van der Waals surface area contributed by atoms with Crippen LogP contribution in [0.25, 0.3) is 16.9 Å². The second-order valence-corrected chi connectivity index (χ2v) is 4.50. The number of nitrogens with zero attached hydrogens (tertiary/aromatic N) is 3. The molecule has 0 aliphatic carbocycles. The molecule has 3 aromatic rings. The van der Waals surface area contributed by atoms with Gasteiger partial charge in [-0.25, -0.2) is 13.5 Å². The summed E-state index contributed by atoms with van der Waals surface area (Å²) in [6.45, 7) is 0. The maximum absolute atomic E-state index is 13.4. The normalized spacial score (nSPS) is 10.6. The highest BCUT2D eigenvalue weighted by Gasteiger charge is 2.17. The SMILES string of the molecule is O=Cc1nnn(-c2ccc(O)cc2)c1-c1ccc(F)c(F)c1. The molecule has 5 nitrogen and oxygen atoms in total. The van der Waals surface area contributed by atoms with Crippen molar-refractivity contribution in [3.63, 3.8) is 0 Å². The van der Waals surface area contributed by atoms with E-state index in [1.54, 1.807) is 12.1 Å². The molecule has 2 aromatic carbocycles. The summed E-state index contributed by atoms with van der Waals surface area (Å²) >= 11 is 0. The number of aldehydes is 1. The fraction of sp³-hybridized carbons (Fsp3) is 0. The smallest absolute Gasteiger partial charge is 0.172 e. The van der Waals surface area contributed by atoms with Crippen LogP contribution < -0.4 is 0 Å². The van der Waals surface area contributed by atoms with Gasteiger partial charge in [0.05, 0.1) is 5.69 Å². The first-order chi connectivity index (χ1) is 10.6. The number of carbonyl (C=O) groups excluding carboxylic acids is 1. The highest BCUT2D eigenvalue weighted by Crippen LogP contribution is 2.26. The molecular formula is C15H9F2N3O2. The first kappa shape index (κ1) is 13.9. The van der Waals surface area contributed by atoms with E-state index in [2.05, 4.69) is 10.3 Å². The number of halogens is 2. The second-order valence-electron chi connectivity index (χ2n) is 4.50. The van der Waals surface area contributed by atoms with Gasteiger partial charge in [-0.2, -0.15) is 0 Å². The van der Waals surface area contributed by atoms with Gasteiger partial charge in [0, 0.05) is 5.56 Å². The zero-order valence-electron chi connectivity index (χ0n) is 11.1. The zero-order valence-corrected chi connectivity index (χ0v) is 11.1. The first-order valence-corrected chi connectivity index (χ1v) is 6.26. The fourth-order valence-corrected chi connectivity index (χ4v) is 2.06. The van der Waals surface area contributed by atoms with Gasteiger partial charge in [0.2, 0.25) is 0 Å². The Hall–Kier alpha value is -3.09. The van der Waals surface area contributed by atoms with E-state index in [0.29, 0.717) is 12.0 Å². The largest absolute Gasteiger partial charge is 0.508 e. The molecule has 0 unspecified atom stereocenters. The van der Waals surface area contributed by atoms with Gasteiger partial charge in [0.25, 0.3) is 0 Å². The number of rotatable bonds is 3. The average molecular weight is 301 g/mol. The number of hydrogen-bond acceptors (Lipinski definition) is 4. The van der Waals surface area contributed by atoms with Crippen LogP contribution >= 0.6 is 0 Å². The van der Waals surface area contributed by atoms with E-state index >= 15 is 0 Å². The Morgan fingerprint density at radius 2 is 1.77 bits per heavy atom. The number of benzene rings is 2. The van der Waals surface area contributed by atoms with Crippen molar-refractivity contribution in [2.24, 2.45) is 0 Å². The molecule has 7 heteroatoms. The van der Waals surface area contributed by atoms with Crippen LogP contribution in [0.15, 0.2) is 42.5 Å². The molecule has 1 aromatic heterocycles. The molecule has 0 saturated carbocycles. The van der Waals surface area contributed by atoms with Crippen LogP contribution in [0.5, 0.6) is 5.75 Å². The molecule has 0 aliphatic rings. The standard InChI is InChI=1S/C15H9F2N3O2/c16-12-6-1-9(7-13(12)17)15-14(8-21)18-19-20(15)10-2-4-11(22)5-3-10/h1-8,22H. The van der Waals surface area contributed by atoms with Crippen LogP contribution in [0.1, 0.15) is 10.5 Å². The highest BCUT2D eigenvalue weighted by atomic mass is 19.2. The minimum absolute atomic E-state index is 0.000849. The monoisotopic (exact) mass is 301 g/mol. The Balaban J connectivity index is 2.21. The average Bonchev–Trinajstić information content (AvgIpc) is 2.94. The molecule has 1 N–H and O–H groups in total. The molecule has 0 amide bonds. The molecule has 0 aliphatic heterocycles. The Labute approximate surface area is 123 Å². The molecule has 0 bridgehead atoms. The molecule has 0 radical (unpaired) electrons. The van der Waals surface area contributed by atoms with Gasteiger partial charge in [0.15, 0.2) is 23.6 Å². The minimum atomic E-state index is -1.03. The van der Waals surface area contributed by atoms with Gasteiger partial charge in [0.1, 0.15) is 11.4 Å². The lowest BCUT2D eigenvalue weighted by atomic mass is 10.1. The van der Waals surface area contributed by atoms with Gasteiger partial charge >= 0.3 is 0 Å². The number of carbonyl (C=O) groups is 1. The lowest BCUT2D eigenvalue weighted by Crippen LogP contribution is -2.00. The van der Waals surface area contributed by atoms with Crippen molar-refractivity contribution in [1.29, 1.82) is 0 Å². The molecule has 0 saturated heterocycles. The van der Waals surface area contributed by atoms with E-state index in [1.807, 2.05) is 0 Å². The quantitative estimate of drug-likeness (QED) is 0.755. The van der Waals surface area contributed by atoms with Gasteiger partial charge < -0.3 is 5.11 Å². The Morgan fingerprint density at radius 1 is 1.05 bits per heavy atom. The van der Waals surface area contributed by atoms with Gasteiger partial charge in [-0.1, -0.05) is 5.21 Å². The predicted octanol–water partition coefficient (Wildman–Crippen LogP) is 2.73. The third-order valence-corrected chi connectivity index (χ3v) is 3.10. The molecule has 110 valence electrons. The number of phenolic OH excluding ortho intramolecular Hbond substituents is 1. The highest BCUT2D eigenvalue weighted by molar-refractivity contribution is 5.84. The maximum Gasteiger partial charge on any atom is 0.172 e. The summed E-state index contributed by atoms with van der Waals surface area (Å²) in [7, 11) is 0.